The van der Waals surface area contributed by atoms with Gasteiger partial charge in [-0.05, 0) is 35.9 Å². The molecule has 3 rings (SSSR count). The summed E-state index contributed by atoms with van der Waals surface area (Å²) in [6, 6.07) is 11.4. The van der Waals surface area contributed by atoms with Gasteiger partial charge in [-0.15, -0.1) is 0 Å². The quantitative estimate of drug-likeness (QED) is 0.707. The van der Waals surface area contributed by atoms with Crippen LogP contribution in [-0.4, -0.2) is 29.7 Å². The molecule has 5 nitrogen and oxygen atoms in total. The Bertz CT molecular complexity index is 918. The summed E-state index contributed by atoms with van der Waals surface area (Å²) in [5.41, 5.74) is 2.40. The van der Waals surface area contributed by atoms with Gasteiger partial charge >= 0.3 is 12.6 Å². The van der Waals surface area contributed by atoms with Crippen molar-refractivity contribution in [3.05, 3.63) is 59.4 Å². The van der Waals surface area contributed by atoms with E-state index in [0.29, 0.717) is 22.4 Å². The van der Waals surface area contributed by atoms with Crippen molar-refractivity contribution in [3.8, 4) is 5.75 Å². The first-order valence-electron chi connectivity index (χ1n) is 7.37. The summed E-state index contributed by atoms with van der Waals surface area (Å²) in [5.74, 6) is 0.195. The number of carbonyl (C=O) groups is 1. The molecule has 0 unspecified atom stereocenters. The number of benzene rings is 2. The molecule has 0 aliphatic heterocycles. The number of fused-ring (bicyclic) bond motifs is 1. The molecule has 0 amide bonds. The number of carbonyl (C=O) groups excluding carboxylic acids is 1. The molecule has 2 aromatic carbocycles. The summed E-state index contributed by atoms with van der Waals surface area (Å²) in [5, 5.41) is 0. The van der Waals surface area contributed by atoms with Crippen molar-refractivity contribution in [2.45, 2.75) is 6.61 Å². The Morgan fingerprint density at radius 3 is 2.60 bits per heavy atom. The van der Waals surface area contributed by atoms with E-state index in [4.69, 9.17) is 4.74 Å². The first kappa shape index (κ1) is 16.6. The maximum absolute atomic E-state index is 12.1. The fourth-order valence-electron chi connectivity index (χ4n) is 2.34. The fourth-order valence-corrected chi connectivity index (χ4v) is 2.34. The molecule has 0 saturated carbocycles. The van der Waals surface area contributed by atoms with Crippen LogP contribution in [0.5, 0.6) is 5.75 Å². The Hall–Kier alpha value is -3.22. The van der Waals surface area contributed by atoms with E-state index in [9.17, 15) is 13.6 Å². The number of methoxy groups -OCH3 is 1. The van der Waals surface area contributed by atoms with Gasteiger partial charge in [0.05, 0.1) is 18.2 Å². The molecule has 0 saturated heterocycles. The molecule has 1 N–H and O–H groups in total. The van der Waals surface area contributed by atoms with Crippen LogP contribution in [0.25, 0.3) is 23.2 Å². The molecule has 3 aromatic rings. The molecular formula is C18H14F2N2O3. The van der Waals surface area contributed by atoms with Crippen molar-refractivity contribution in [2.24, 2.45) is 0 Å². The van der Waals surface area contributed by atoms with Gasteiger partial charge in [0.1, 0.15) is 17.1 Å². The number of alkyl halides is 2. The molecule has 0 aliphatic carbocycles. The van der Waals surface area contributed by atoms with Gasteiger partial charge in [-0.1, -0.05) is 24.3 Å². The highest BCUT2D eigenvalue weighted by Crippen LogP contribution is 2.19. The summed E-state index contributed by atoms with van der Waals surface area (Å²) in [4.78, 5) is 19.2. The first-order valence-corrected chi connectivity index (χ1v) is 7.37. The third kappa shape index (κ3) is 3.82. The lowest BCUT2D eigenvalue weighted by Crippen LogP contribution is -2.01. The standard InChI is InChI=1S/C18H14F2N2O3/c1-24-17(23)13-3-2-4-14-16(13)22-15(21-14)10-7-11-5-8-12(9-6-11)25-18(19)20/h2-10,18H,1H3,(H,21,22). The van der Waals surface area contributed by atoms with Crippen molar-refractivity contribution < 1.29 is 23.0 Å². The largest absolute Gasteiger partial charge is 0.465 e. The van der Waals surface area contributed by atoms with Crippen LogP contribution >= 0.6 is 0 Å². The van der Waals surface area contributed by atoms with Crippen molar-refractivity contribution in [1.29, 1.82) is 0 Å². The average molecular weight is 344 g/mol. The number of imidazole rings is 1. The lowest BCUT2D eigenvalue weighted by atomic mass is 10.2. The van der Waals surface area contributed by atoms with Crippen molar-refractivity contribution in [2.75, 3.05) is 7.11 Å². The third-order valence-corrected chi connectivity index (χ3v) is 3.48. The van der Waals surface area contributed by atoms with E-state index in [0.717, 1.165) is 5.56 Å². The summed E-state index contributed by atoms with van der Waals surface area (Å²) in [6.07, 6.45) is 3.49. The van der Waals surface area contributed by atoms with E-state index in [2.05, 4.69) is 14.7 Å². The second-order valence-corrected chi connectivity index (χ2v) is 5.10. The highest BCUT2D eigenvalue weighted by atomic mass is 19.3. The number of hydrogen-bond acceptors (Lipinski definition) is 4. The van der Waals surface area contributed by atoms with Gasteiger partial charge in [-0.3, -0.25) is 0 Å². The van der Waals surface area contributed by atoms with Crippen LogP contribution in [-0.2, 0) is 4.74 Å². The molecule has 128 valence electrons. The SMILES string of the molecule is COC(=O)c1cccc2[nH]c(C=Cc3ccc(OC(F)F)cc3)nc12. The number of H-pyrrole nitrogens is 1. The number of nitrogens with one attached hydrogen (secondary N) is 1. The van der Waals surface area contributed by atoms with Gasteiger partial charge in [0.25, 0.3) is 0 Å². The molecular weight excluding hydrogens is 330 g/mol. The highest BCUT2D eigenvalue weighted by Gasteiger charge is 2.13. The van der Waals surface area contributed by atoms with Crippen LogP contribution in [0.15, 0.2) is 42.5 Å². The van der Waals surface area contributed by atoms with Crippen LogP contribution in [0.3, 0.4) is 0 Å². The van der Waals surface area contributed by atoms with Crippen LogP contribution in [0.2, 0.25) is 0 Å². The number of aromatic nitrogens is 2. The van der Waals surface area contributed by atoms with Crippen molar-refractivity contribution in [3.63, 3.8) is 0 Å². The van der Waals surface area contributed by atoms with Gasteiger partial charge in [-0.2, -0.15) is 8.78 Å². The second-order valence-electron chi connectivity index (χ2n) is 5.10. The van der Waals surface area contributed by atoms with Crippen LogP contribution in [0.4, 0.5) is 8.78 Å². The molecule has 0 radical (unpaired) electrons. The predicted molar refractivity (Wildman–Crippen MR) is 89.4 cm³/mol. The minimum absolute atomic E-state index is 0.0959. The minimum Gasteiger partial charge on any atom is -0.465 e. The minimum atomic E-state index is -2.85. The van der Waals surface area contributed by atoms with Gasteiger partial charge < -0.3 is 14.5 Å². The molecule has 0 fully saturated rings. The number of nitrogens with zero attached hydrogens (tertiary/aromatic N) is 1. The number of hydrogen-bond donors (Lipinski definition) is 1. The molecule has 0 bridgehead atoms. The number of aromatic amines is 1. The smallest absolute Gasteiger partial charge is 0.387 e. The highest BCUT2D eigenvalue weighted by molar-refractivity contribution is 6.02. The Morgan fingerprint density at radius 2 is 1.92 bits per heavy atom. The number of ether oxygens (including phenoxy) is 2. The third-order valence-electron chi connectivity index (χ3n) is 3.48. The van der Waals surface area contributed by atoms with Crippen molar-refractivity contribution >= 4 is 29.2 Å². The molecule has 7 heteroatoms. The Labute approximate surface area is 141 Å². The van der Waals surface area contributed by atoms with E-state index in [-0.39, 0.29) is 5.75 Å². The van der Waals surface area contributed by atoms with Gasteiger partial charge in [0.2, 0.25) is 0 Å². The molecule has 25 heavy (non-hydrogen) atoms. The van der Waals surface area contributed by atoms with E-state index in [1.165, 1.54) is 19.2 Å². The lowest BCUT2D eigenvalue weighted by molar-refractivity contribution is -0.0498. The van der Waals surface area contributed by atoms with Crippen LogP contribution in [0, 0.1) is 0 Å². The van der Waals surface area contributed by atoms with Gasteiger partial charge in [0, 0.05) is 0 Å². The normalized spacial score (nSPS) is 11.4. The number of halogens is 2. The Balaban J connectivity index is 1.83. The van der Waals surface area contributed by atoms with Crippen LogP contribution < -0.4 is 4.74 Å². The van der Waals surface area contributed by atoms with Crippen LogP contribution in [0.1, 0.15) is 21.7 Å². The molecule has 1 heterocycles. The fraction of sp³-hybridized carbons (Fsp3) is 0.111. The lowest BCUT2D eigenvalue weighted by Gasteiger charge is -2.03. The Kier molecular flexibility index (Phi) is 4.74. The number of esters is 1. The van der Waals surface area contributed by atoms with E-state index >= 15 is 0 Å². The molecule has 0 aliphatic rings. The first-order chi connectivity index (χ1) is 12.1. The zero-order valence-corrected chi connectivity index (χ0v) is 13.2. The maximum Gasteiger partial charge on any atom is 0.387 e. The molecule has 1 aromatic heterocycles. The zero-order valence-electron chi connectivity index (χ0n) is 13.2. The van der Waals surface area contributed by atoms with Crippen molar-refractivity contribution in [1.82, 2.24) is 9.97 Å². The predicted octanol–water partition coefficient (Wildman–Crippen LogP) is 4.12. The summed E-state index contributed by atoms with van der Waals surface area (Å²) < 4.78 is 33.3. The van der Waals surface area contributed by atoms with Gasteiger partial charge in [0.15, 0.2) is 0 Å². The van der Waals surface area contributed by atoms with E-state index < -0.39 is 12.6 Å². The monoisotopic (exact) mass is 344 g/mol. The molecule has 0 spiro atoms. The Morgan fingerprint density at radius 1 is 1.16 bits per heavy atom. The zero-order chi connectivity index (χ0) is 17.8. The average Bonchev–Trinajstić information content (AvgIpc) is 3.03. The second kappa shape index (κ2) is 7.12. The topological polar surface area (TPSA) is 64.2 Å². The summed E-state index contributed by atoms with van der Waals surface area (Å²) in [7, 11) is 1.32. The summed E-state index contributed by atoms with van der Waals surface area (Å²) in [6.45, 7) is -2.85. The maximum atomic E-state index is 12.1. The summed E-state index contributed by atoms with van der Waals surface area (Å²) >= 11 is 0. The van der Waals surface area contributed by atoms with E-state index in [1.807, 2.05) is 6.07 Å². The molecule has 0 atom stereocenters. The van der Waals surface area contributed by atoms with E-state index in [1.54, 1.807) is 36.4 Å². The number of rotatable bonds is 5. The van der Waals surface area contributed by atoms with Gasteiger partial charge in [-0.25, -0.2) is 9.78 Å². The number of para-hydroxylation sites is 1.